The summed E-state index contributed by atoms with van der Waals surface area (Å²) in [5.74, 6) is 1.91. The average molecular weight is 497 g/mol. The van der Waals surface area contributed by atoms with Crippen LogP contribution in [0.5, 0.6) is 0 Å². The lowest BCUT2D eigenvalue weighted by Crippen LogP contribution is -2.44. The third kappa shape index (κ3) is 6.97. The Morgan fingerprint density at radius 1 is 1.14 bits per heavy atom. The van der Waals surface area contributed by atoms with Crippen molar-refractivity contribution in [1.29, 1.82) is 0 Å². The largest absolute Gasteiger partial charge is 0.357 e. The number of pyridine rings is 1. The van der Waals surface area contributed by atoms with Gasteiger partial charge in [-0.3, -0.25) is 0 Å². The predicted molar refractivity (Wildman–Crippen MR) is 127 cm³/mol. The molecule has 0 spiro atoms. The van der Waals surface area contributed by atoms with Crippen LogP contribution in [0.2, 0.25) is 0 Å². The number of halogens is 1. The van der Waals surface area contributed by atoms with Crippen LogP contribution < -0.4 is 15.5 Å². The fourth-order valence-electron chi connectivity index (χ4n) is 3.10. The van der Waals surface area contributed by atoms with Crippen molar-refractivity contribution in [3.05, 3.63) is 48.4 Å². The molecule has 1 aliphatic rings. The van der Waals surface area contributed by atoms with Gasteiger partial charge in [0.25, 0.3) is 0 Å². The van der Waals surface area contributed by atoms with Crippen molar-refractivity contribution in [3.8, 4) is 0 Å². The second-order valence-corrected chi connectivity index (χ2v) is 6.86. The predicted octanol–water partition coefficient (Wildman–Crippen LogP) is 2.01. The molecule has 8 heteroatoms. The number of hydrogen-bond acceptors (Lipinski definition) is 4. The summed E-state index contributed by atoms with van der Waals surface area (Å²) >= 11 is 0. The van der Waals surface area contributed by atoms with E-state index in [1.807, 2.05) is 24.4 Å². The molecule has 1 fully saturated rings. The molecule has 3 rings (SSSR count). The van der Waals surface area contributed by atoms with E-state index < -0.39 is 0 Å². The van der Waals surface area contributed by atoms with Crippen molar-refractivity contribution in [2.24, 2.45) is 4.99 Å². The molecule has 3 heterocycles. The van der Waals surface area contributed by atoms with Gasteiger partial charge in [0.2, 0.25) is 0 Å². The fourth-order valence-corrected chi connectivity index (χ4v) is 3.10. The number of nitrogens with one attached hydrogen (secondary N) is 2. The minimum atomic E-state index is 0. The second kappa shape index (κ2) is 11.9. The Morgan fingerprint density at radius 3 is 2.61 bits per heavy atom. The molecule has 0 bridgehead atoms. The van der Waals surface area contributed by atoms with E-state index in [1.54, 1.807) is 0 Å². The fraction of sp³-hybridized carbons (Fsp3) is 0.500. The Labute approximate surface area is 185 Å². The molecule has 1 saturated heterocycles. The smallest absolute Gasteiger partial charge is 0.191 e. The Kier molecular flexibility index (Phi) is 9.56. The lowest BCUT2D eigenvalue weighted by Gasteiger charge is -2.33. The first-order chi connectivity index (χ1) is 13.2. The van der Waals surface area contributed by atoms with Gasteiger partial charge in [-0.05, 0) is 43.8 Å². The Balaban J connectivity index is 0.00000280. The van der Waals surface area contributed by atoms with Crippen molar-refractivity contribution in [2.75, 3.05) is 51.2 Å². The summed E-state index contributed by atoms with van der Waals surface area (Å²) in [6, 6.07) is 8.30. The molecule has 28 heavy (non-hydrogen) atoms. The number of aliphatic imine (C=N–C) groups is 1. The first-order valence-corrected chi connectivity index (χ1v) is 9.76. The lowest BCUT2D eigenvalue weighted by molar-refractivity contribution is 0.312. The summed E-state index contributed by atoms with van der Waals surface area (Å²) in [6.07, 6.45) is 6.04. The van der Waals surface area contributed by atoms with Crippen molar-refractivity contribution in [3.63, 3.8) is 0 Å². The van der Waals surface area contributed by atoms with E-state index in [0.29, 0.717) is 6.54 Å². The first kappa shape index (κ1) is 22.5. The average Bonchev–Trinajstić information content (AvgIpc) is 3.20. The van der Waals surface area contributed by atoms with Crippen LogP contribution in [-0.4, -0.2) is 66.7 Å². The van der Waals surface area contributed by atoms with Crippen LogP contribution >= 0.6 is 24.0 Å². The van der Waals surface area contributed by atoms with Crippen LogP contribution in [0.15, 0.2) is 47.8 Å². The SMILES string of the molecule is CCNC(=NCc1ccnc(N2CCN(C)CC2)c1)NCCn1cccc1.I. The first-order valence-electron chi connectivity index (χ1n) is 9.76. The number of aromatic nitrogens is 2. The number of likely N-dealkylation sites (N-methyl/N-ethyl adjacent to an activating group) is 1. The van der Waals surface area contributed by atoms with Crippen molar-refractivity contribution >= 4 is 35.8 Å². The van der Waals surface area contributed by atoms with E-state index in [4.69, 9.17) is 4.99 Å². The third-order valence-corrected chi connectivity index (χ3v) is 4.73. The summed E-state index contributed by atoms with van der Waals surface area (Å²) < 4.78 is 2.15. The molecule has 0 aliphatic carbocycles. The van der Waals surface area contributed by atoms with Gasteiger partial charge in [0.1, 0.15) is 5.82 Å². The van der Waals surface area contributed by atoms with Gasteiger partial charge in [-0.2, -0.15) is 0 Å². The van der Waals surface area contributed by atoms with E-state index in [0.717, 1.165) is 57.6 Å². The van der Waals surface area contributed by atoms with Crippen molar-refractivity contribution in [1.82, 2.24) is 25.1 Å². The molecule has 7 nitrogen and oxygen atoms in total. The topological polar surface area (TPSA) is 60.7 Å². The molecule has 2 N–H and O–H groups in total. The van der Waals surface area contributed by atoms with Crippen LogP contribution in [0, 0.1) is 0 Å². The Morgan fingerprint density at radius 2 is 1.89 bits per heavy atom. The molecule has 0 unspecified atom stereocenters. The third-order valence-electron chi connectivity index (χ3n) is 4.73. The molecule has 0 atom stereocenters. The highest BCUT2D eigenvalue weighted by Crippen LogP contribution is 2.15. The molecule has 0 saturated carbocycles. The second-order valence-electron chi connectivity index (χ2n) is 6.86. The number of rotatable bonds is 7. The van der Waals surface area contributed by atoms with E-state index in [9.17, 15) is 0 Å². The Hall–Kier alpha value is -1.81. The summed E-state index contributed by atoms with van der Waals surface area (Å²) in [4.78, 5) is 14.0. The van der Waals surface area contributed by atoms with Gasteiger partial charge in [-0.25, -0.2) is 9.98 Å². The zero-order valence-corrected chi connectivity index (χ0v) is 19.2. The van der Waals surface area contributed by atoms with E-state index in [1.165, 1.54) is 5.56 Å². The van der Waals surface area contributed by atoms with Gasteiger partial charge in [-0.15, -0.1) is 24.0 Å². The van der Waals surface area contributed by atoms with Gasteiger partial charge in [0, 0.05) is 64.4 Å². The molecule has 154 valence electrons. The van der Waals surface area contributed by atoms with E-state index in [-0.39, 0.29) is 24.0 Å². The highest BCUT2D eigenvalue weighted by Gasteiger charge is 2.15. The number of piperazine rings is 1. The van der Waals surface area contributed by atoms with E-state index >= 15 is 0 Å². The van der Waals surface area contributed by atoms with Gasteiger partial charge >= 0.3 is 0 Å². The lowest BCUT2D eigenvalue weighted by atomic mass is 10.2. The standard InChI is InChI=1S/C20H31N7.HI/c1-3-21-20(23-8-11-26-9-4-5-10-26)24-17-18-6-7-22-19(16-18)27-14-12-25(2)13-15-27;/h4-7,9-10,16H,3,8,11-15,17H2,1-2H3,(H2,21,23,24);1H. The van der Waals surface area contributed by atoms with Crippen LogP contribution in [0.3, 0.4) is 0 Å². The monoisotopic (exact) mass is 497 g/mol. The highest BCUT2D eigenvalue weighted by molar-refractivity contribution is 14.0. The van der Waals surface area contributed by atoms with E-state index in [2.05, 4.69) is 62.4 Å². The van der Waals surface area contributed by atoms with Crippen molar-refractivity contribution in [2.45, 2.75) is 20.0 Å². The molecule has 0 aromatic carbocycles. The normalized spacial score (nSPS) is 15.2. The quantitative estimate of drug-likeness (QED) is 0.348. The molecule has 0 amide bonds. The molecule has 2 aromatic rings. The Bertz CT molecular complexity index is 709. The molecular weight excluding hydrogens is 465 g/mol. The van der Waals surface area contributed by atoms with Gasteiger partial charge in [0.05, 0.1) is 6.54 Å². The van der Waals surface area contributed by atoms with Gasteiger partial charge in [0.15, 0.2) is 5.96 Å². The highest BCUT2D eigenvalue weighted by atomic mass is 127. The maximum atomic E-state index is 4.73. The number of hydrogen-bond donors (Lipinski definition) is 2. The molecule has 0 radical (unpaired) electrons. The summed E-state index contributed by atoms with van der Waals surface area (Å²) in [7, 11) is 2.17. The summed E-state index contributed by atoms with van der Waals surface area (Å²) in [5, 5.41) is 6.71. The zero-order valence-electron chi connectivity index (χ0n) is 16.8. The number of nitrogens with zero attached hydrogens (tertiary/aromatic N) is 5. The van der Waals surface area contributed by atoms with Crippen LogP contribution in [0.1, 0.15) is 12.5 Å². The summed E-state index contributed by atoms with van der Waals surface area (Å²) in [6.45, 7) is 9.55. The molecule has 2 aromatic heterocycles. The number of guanidine groups is 1. The molecular formula is C20H32IN7. The van der Waals surface area contributed by atoms with Crippen LogP contribution in [-0.2, 0) is 13.1 Å². The maximum absolute atomic E-state index is 4.73. The minimum Gasteiger partial charge on any atom is -0.357 e. The van der Waals surface area contributed by atoms with Crippen LogP contribution in [0.25, 0.3) is 0 Å². The zero-order chi connectivity index (χ0) is 18.9. The molecule has 1 aliphatic heterocycles. The summed E-state index contributed by atoms with van der Waals surface area (Å²) in [5.41, 5.74) is 1.18. The van der Waals surface area contributed by atoms with Gasteiger partial charge in [-0.1, -0.05) is 0 Å². The van der Waals surface area contributed by atoms with Gasteiger partial charge < -0.3 is 25.0 Å². The minimum absolute atomic E-state index is 0. The maximum Gasteiger partial charge on any atom is 0.191 e. The number of anilines is 1. The van der Waals surface area contributed by atoms with Crippen LogP contribution in [0.4, 0.5) is 5.82 Å². The van der Waals surface area contributed by atoms with Crippen molar-refractivity contribution < 1.29 is 0 Å².